The van der Waals surface area contributed by atoms with Gasteiger partial charge in [0.15, 0.2) is 0 Å². The molecular weight excluding hydrogens is 448 g/mol. The molecule has 146 valence electrons. The van der Waals surface area contributed by atoms with Crippen LogP contribution in [0.4, 0.5) is 4.79 Å². The Kier molecular flexibility index (Phi) is 4.71. The predicted octanol–water partition coefficient (Wildman–Crippen LogP) is 4.77. The number of nitrogens with one attached hydrogen (secondary N) is 1. The number of hydrogen-bond acceptors (Lipinski definition) is 5. The minimum Gasteiger partial charge on any atom is -0.491 e. The Morgan fingerprint density at radius 1 is 1.43 bits per heavy atom. The number of amides is 1. The van der Waals surface area contributed by atoms with Crippen LogP contribution in [0.5, 0.6) is 5.75 Å². The first kappa shape index (κ1) is 19.0. The highest BCUT2D eigenvalue weighted by Crippen LogP contribution is 2.38. The zero-order chi connectivity index (χ0) is 20.1. The van der Waals surface area contributed by atoms with Gasteiger partial charge in [-0.15, -0.1) is 0 Å². The number of benzene rings is 1. The molecular formula is C19H18BrClN4O3. The maximum atomic E-state index is 12.1. The van der Waals surface area contributed by atoms with Crippen LogP contribution < -0.4 is 10.1 Å². The van der Waals surface area contributed by atoms with Crippen LogP contribution in [0.3, 0.4) is 0 Å². The van der Waals surface area contributed by atoms with Crippen LogP contribution in [0.15, 0.2) is 35.2 Å². The summed E-state index contributed by atoms with van der Waals surface area (Å²) < 4.78 is 13.6. The van der Waals surface area contributed by atoms with E-state index in [4.69, 9.17) is 21.1 Å². The van der Waals surface area contributed by atoms with Crippen LogP contribution in [0.1, 0.15) is 32.4 Å². The number of imidazole rings is 1. The SMILES string of the molecule is CC(C)(C)OC(=O)N[C@H]1COc2cc(-c3nc4ncc(Cl)cn4c3Br)ccc21. The van der Waals surface area contributed by atoms with Crippen LogP contribution in [-0.2, 0) is 4.74 Å². The Bertz CT molecular complexity index is 1080. The summed E-state index contributed by atoms with van der Waals surface area (Å²) in [5, 5.41) is 3.37. The lowest BCUT2D eigenvalue weighted by atomic mass is 10.0. The van der Waals surface area contributed by atoms with Crippen molar-refractivity contribution in [2.75, 3.05) is 6.61 Å². The molecule has 0 aliphatic carbocycles. The van der Waals surface area contributed by atoms with Gasteiger partial charge in [0.2, 0.25) is 5.78 Å². The number of halogens is 2. The molecule has 1 aliphatic heterocycles. The van der Waals surface area contributed by atoms with Gasteiger partial charge in [-0.25, -0.2) is 14.8 Å². The molecule has 1 amide bonds. The number of carbonyl (C=O) groups excluding carboxylic acids is 1. The van der Waals surface area contributed by atoms with Gasteiger partial charge in [0.05, 0.1) is 17.3 Å². The average molecular weight is 466 g/mol. The van der Waals surface area contributed by atoms with Crippen molar-refractivity contribution in [2.24, 2.45) is 0 Å². The zero-order valence-electron chi connectivity index (χ0n) is 15.5. The number of hydrogen-bond donors (Lipinski definition) is 1. The lowest BCUT2D eigenvalue weighted by Crippen LogP contribution is -2.35. The second kappa shape index (κ2) is 6.93. The van der Waals surface area contributed by atoms with Crippen molar-refractivity contribution < 1.29 is 14.3 Å². The monoisotopic (exact) mass is 464 g/mol. The van der Waals surface area contributed by atoms with Crippen molar-refractivity contribution in [2.45, 2.75) is 32.4 Å². The molecule has 7 nitrogen and oxygen atoms in total. The van der Waals surface area contributed by atoms with Crippen LogP contribution in [-0.4, -0.2) is 32.7 Å². The van der Waals surface area contributed by atoms with Gasteiger partial charge in [0.1, 0.15) is 28.3 Å². The second-order valence-electron chi connectivity index (χ2n) is 7.46. The molecule has 3 aromatic rings. The van der Waals surface area contributed by atoms with E-state index in [0.717, 1.165) is 21.4 Å². The molecule has 9 heteroatoms. The Morgan fingerprint density at radius 2 is 2.21 bits per heavy atom. The fraction of sp³-hybridized carbons (Fsp3) is 0.316. The number of alkyl carbamates (subject to hydrolysis) is 1. The summed E-state index contributed by atoms with van der Waals surface area (Å²) in [5.74, 6) is 1.24. The molecule has 2 aromatic heterocycles. The first-order valence-corrected chi connectivity index (χ1v) is 9.84. The lowest BCUT2D eigenvalue weighted by molar-refractivity contribution is 0.0497. The van der Waals surface area contributed by atoms with Crippen LogP contribution in [0.2, 0.25) is 5.02 Å². The van der Waals surface area contributed by atoms with Crippen molar-refractivity contribution in [3.05, 3.63) is 45.8 Å². The van der Waals surface area contributed by atoms with Crippen LogP contribution >= 0.6 is 27.5 Å². The fourth-order valence-electron chi connectivity index (χ4n) is 2.99. The van der Waals surface area contributed by atoms with Crippen molar-refractivity contribution in [3.8, 4) is 17.0 Å². The van der Waals surface area contributed by atoms with E-state index in [1.807, 2.05) is 39.0 Å². The van der Waals surface area contributed by atoms with Crippen molar-refractivity contribution in [3.63, 3.8) is 0 Å². The highest BCUT2D eigenvalue weighted by atomic mass is 79.9. The minimum atomic E-state index is -0.553. The zero-order valence-corrected chi connectivity index (χ0v) is 17.8. The highest BCUT2D eigenvalue weighted by Gasteiger charge is 2.28. The minimum absolute atomic E-state index is 0.260. The maximum Gasteiger partial charge on any atom is 0.408 e. The molecule has 0 radical (unpaired) electrons. The topological polar surface area (TPSA) is 77.8 Å². The van der Waals surface area contributed by atoms with Gasteiger partial charge in [-0.2, -0.15) is 0 Å². The molecule has 1 aliphatic rings. The van der Waals surface area contributed by atoms with Crippen molar-refractivity contribution in [1.29, 1.82) is 0 Å². The smallest absolute Gasteiger partial charge is 0.408 e. The van der Waals surface area contributed by atoms with Gasteiger partial charge in [-0.1, -0.05) is 23.7 Å². The summed E-state index contributed by atoms with van der Waals surface area (Å²) >= 11 is 9.59. The Balaban J connectivity index is 1.61. The molecule has 28 heavy (non-hydrogen) atoms. The first-order valence-electron chi connectivity index (χ1n) is 8.67. The second-order valence-corrected chi connectivity index (χ2v) is 8.64. The summed E-state index contributed by atoms with van der Waals surface area (Å²) in [6.07, 6.45) is 2.83. The third kappa shape index (κ3) is 3.66. The fourth-order valence-corrected chi connectivity index (χ4v) is 3.72. The summed E-state index contributed by atoms with van der Waals surface area (Å²) in [6.45, 7) is 5.83. The molecule has 1 aromatic carbocycles. The highest BCUT2D eigenvalue weighted by molar-refractivity contribution is 9.10. The molecule has 1 N–H and O–H groups in total. The normalized spacial score (nSPS) is 16.0. The van der Waals surface area contributed by atoms with Gasteiger partial charge in [-0.3, -0.25) is 4.40 Å². The van der Waals surface area contributed by atoms with Gasteiger partial charge < -0.3 is 14.8 Å². The molecule has 0 unspecified atom stereocenters. The largest absolute Gasteiger partial charge is 0.491 e. The number of fused-ring (bicyclic) bond motifs is 2. The molecule has 0 saturated carbocycles. The number of rotatable bonds is 2. The molecule has 0 bridgehead atoms. The third-order valence-electron chi connectivity index (χ3n) is 4.15. The maximum absolute atomic E-state index is 12.1. The first-order chi connectivity index (χ1) is 13.2. The molecule has 0 fully saturated rings. The molecule has 1 atom stereocenters. The van der Waals surface area contributed by atoms with E-state index in [1.165, 1.54) is 0 Å². The molecule has 4 rings (SSSR count). The summed E-state index contributed by atoms with van der Waals surface area (Å²) in [5.41, 5.74) is 1.94. The van der Waals surface area contributed by atoms with Gasteiger partial charge >= 0.3 is 6.09 Å². The van der Waals surface area contributed by atoms with E-state index in [0.29, 0.717) is 23.2 Å². The number of ether oxygens (including phenoxy) is 2. The predicted molar refractivity (Wildman–Crippen MR) is 109 cm³/mol. The van der Waals surface area contributed by atoms with Crippen molar-refractivity contribution >= 4 is 39.4 Å². The van der Waals surface area contributed by atoms with Crippen molar-refractivity contribution in [1.82, 2.24) is 19.7 Å². The average Bonchev–Trinajstić information content (AvgIpc) is 3.14. The molecule has 0 spiro atoms. The number of carbonyl (C=O) groups is 1. The summed E-state index contributed by atoms with van der Waals surface area (Å²) in [7, 11) is 0. The Labute approximate surface area is 175 Å². The van der Waals surface area contributed by atoms with E-state index in [-0.39, 0.29) is 6.04 Å². The molecule has 3 heterocycles. The molecule has 0 saturated heterocycles. The van der Waals surface area contributed by atoms with Gasteiger partial charge in [0.25, 0.3) is 0 Å². The van der Waals surface area contributed by atoms with E-state index < -0.39 is 11.7 Å². The quantitative estimate of drug-likeness (QED) is 0.590. The Morgan fingerprint density at radius 3 is 2.96 bits per heavy atom. The van der Waals surface area contributed by atoms with E-state index in [9.17, 15) is 4.79 Å². The van der Waals surface area contributed by atoms with Crippen LogP contribution in [0, 0.1) is 0 Å². The summed E-state index contributed by atoms with van der Waals surface area (Å²) in [4.78, 5) is 20.8. The van der Waals surface area contributed by atoms with Crippen LogP contribution in [0.25, 0.3) is 17.0 Å². The van der Waals surface area contributed by atoms with E-state index in [1.54, 1.807) is 16.8 Å². The third-order valence-corrected chi connectivity index (χ3v) is 5.10. The lowest BCUT2D eigenvalue weighted by Gasteiger charge is -2.21. The summed E-state index contributed by atoms with van der Waals surface area (Å²) in [6, 6.07) is 5.51. The standard InChI is InChI=1S/C19H18BrClN4O3/c1-19(2,3)28-18(26)23-13-9-27-14-6-10(4-5-12(13)14)15-16(20)25-8-11(21)7-22-17(25)24-15/h4-8,13H,9H2,1-3H3,(H,23,26)/t13-/m0/s1. The Hall–Kier alpha value is -2.32. The number of nitrogens with zero attached hydrogens (tertiary/aromatic N) is 3. The van der Waals surface area contributed by atoms with E-state index in [2.05, 4.69) is 31.2 Å². The van der Waals surface area contributed by atoms with E-state index >= 15 is 0 Å². The van der Waals surface area contributed by atoms with Gasteiger partial charge in [-0.05, 0) is 42.8 Å². The van der Waals surface area contributed by atoms with Gasteiger partial charge in [0, 0.05) is 17.3 Å². The number of aromatic nitrogens is 3.